The van der Waals surface area contributed by atoms with Crippen LogP contribution in [-0.4, -0.2) is 30.6 Å². The lowest BCUT2D eigenvalue weighted by molar-refractivity contribution is 0.200. The van der Waals surface area contributed by atoms with Crippen LogP contribution in [0.3, 0.4) is 0 Å². The molecule has 0 bridgehead atoms. The molecule has 1 N–H and O–H groups in total. The number of nitrogens with zero attached hydrogens (tertiary/aromatic N) is 1. The number of aryl methyl sites for hydroxylation is 1. The van der Waals surface area contributed by atoms with Gasteiger partial charge in [-0.3, -0.25) is 4.90 Å². The largest absolute Gasteiger partial charge is 0.309 e. The van der Waals surface area contributed by atoms with Crippen LogP contribution in [0.2, 0.25) is 0 Å². The first-order valence-electron chi connectivity index (χ1n) is 8.19. The highest BCUT2D eigenvalue weighted by molar-refractivity contribution is 5.25. The fourth-order valence-corrected chi connectivity index (χ4v) is 3.34. The highest BCUT2D eigenvalue weighted by atomic mass is 15.2. The number of hydrogen-bond acceptors (Lipinski definition) is 2. The van der Waals surface area contributed by atoms with E-state index in [0.29, 0.717) is 12.1 Å². The zero-order valence-corrected chi connectivity index (χ0v) is 13.5. The molecule has 1 fully saturated rings. The molecule has 1 aliphatic heterocycles. The van der Waals surface area contributed by atoms with Gasteiger partial charge in [-0.25, -0.2) is 0 Å². The molecule has 2 heteroatoms. The molecule has 3 unspecified atom stereocenters. The summed E-state index contributed by atoms with van der Waals surface area (Å²) in [7, 11) is 0. The number of nitrogens with one attached hydrogen (secondary N) is 1. The number of likely N-dealkylation sites (tertiary alicyclic amines) is 1. The topological polar surface area (TPSA) is 15.3 Å². The molecule has 0 amide bonds. The minimum Gasteiger partial charge on any atom is -0.309 e. The van der Waals surface area contributed by atoms with Crippen molar-refractivity contribution in [3.8, 4) is 0 Å². The maximum atomic E-state index is 3.69. The molecule has 112 valence electrons. The first-order valence-corrected chi connectivity index (χ1v) is 8.19. The van der Waals surface area contributed by atoms with Crippen molar-refractivity contribution in [3.05, 3.63) is 35.4 Å². The highest BCUT2D eigenvalue weighted by Gasteiger charge is 2.29. The van der Waals surface area contributed by atoms with Crippen molar-refractivity contribution in [2.45, 2.75) is 52.6 Å². The first kappa shape index (κ1) is 15.5. The first-order chi connectivity index (χ1) is 9.65. The van der Waals surface area contributed by atoms with E-state index in [-0.39, 0.29) is 0 Å². The molecule has 3 atom stereocenters. The van der Waals surface area contributed by atoms with Crippen molar-refractivity contribution >= 4 is 0 Å². The molecule has 0 radical (unpaired) electrons. The zero-order valence-electron chi connectivity index (χ0n) is 13.5. The van der Waals surface area contributed by atoms with Crippen molar-refractivity contribution in [2.24, 2.45) is 5.92 Å². The summed E-state index contributed by atoms with van der Waals surface area (Å²) < 4.78 is 0. The lowest BCUT2D eigenvalue weighted by Gasteiger charge is -2.33. The maximum Gasteiger partial charge on any atom is 0.0475 e. The van der Waals surface area contributed by atoms with Gasteiger partial charge in [-0.15, -0.1) is 0 Å². The van der Waals surface area contributed by atoms with Gasteiger partial charge in [-0.2, -0.15) is 0 Å². The standard InChI is InChI=1S/C18H30N2/c1-5-16-11-12-20(13-16)15(4)18(19-6-2)17-9-7-14(3)8-10-17/h7-10,15-16,18-19H,5-6,11-13H2,1-4H3. The average Bonchev–Trinajstić information content (AvgIpc) is 2.94. The Kier molecular flexibility index (Phi) is 5.62. The lowest BCUT2D eigenvalue weighted by atomic mass is 9.98. The van der Waals surface area contributed by atoms with Crippen molar-refractivity contribution in [1.82, 2.24) is 10.2 Å². The lowest BCUT2D eigenvalue weighted by Crippen LogP contribution is -2.42. The van der Waals surface area contributed by atoms with E-state index in [1.165, 1.54) is 37.1 Å². The molecular weight excluding hydrogens is 244 g/mol. The van der Waals surface area contributed by atoms with E-state index in [9.17, 15) is 0 Å². The second-order valence-electron chi connectivity index (χ2n) is 6.24. The van der Waals surface area contributed by atoms with Crippen LogP contribution in [0.25, 0.3) is 0 Å². The molecule has 1 aliphatic rings. The number of hydrogen-bond donors (Lipinski definition) is 1. The van der Waals surface area contributed by atoms with Gasteiger partial charge in [-0.1, -0.05) is 50.1 Å². The third-order valence-electron chi connectivity index (χ3n) is 4.81. The van der Waals surface area contributed by atoms with Gasteiger partial charge in [0, 0.05) is 18.6 Å². The Bertz CT molecular complexity index is 398. The molecule has 0 spiro atoms. The average molecular weight is 274 g/mol. The fraction of sp³-hybridized carbons (Fsp3) is 0.667. The van der Waals surface area contributed by atoms with Crippen LogP contribution in [0, 0.1) is 12.8 Å². The predicted octanol–water partition coefficient (Wildman–Crippen LogP) is 3.77. The Morgan fingerprint density at radius 2 is 1.95 bits per heavy atom. The van der Waals surface area contributed by atoms with Crippen molar-refractivity contribution < 1.29 is 0 Å². The normalized spacial score (nSPS) is 22.9. The summed E-state index contributed by atoms with van der Waals surface area (Å²) in [5.74, 6) is 0.901. The molecule has 0 aliphatic carbocycles. The van der Waals surface area contributed by atoms with Crippen molar-refractivity contribution in [1.29, 1.82) is 0 Å². The zero-order chi connectivity index (χ0) is 14.5. The van der Waals surface area contributed by atoms with E-state index >= 15 is 0 Å². The van der Waals surface area contributed by atoms with E-state index in [1.807, 2.05) is 0 Å². The summed E-state index contributed by atoms with van der Waals surface area (Å²) in [6, 6.07) is 10.0. The van der Waals surface area contributed by atoms with Gasteiger partial charge in [0.15, 0.2) is 0 Å². The van der Waals surface area contributed by atoms with Crippen LogP contribution in [-0.2, 0) is 0 Å². The Labute approximate surface area is 124 Å². The monoisotopic (exact) mass is 274 g/mol. The van der Waals surface area contributed by atoms with Gasteiger partial charge in [0.05, 0.1) is 0 Å². The molecule has 0 saturated carbocycles. The minimum atomic E-state index is 0.441. The summed E-state index contributed by atoms with van der Waals surface area (Å²) in [5, 5.41) is 3.69. The SMILES string of the molecule is CCNC(c1ccc(C)cc1)C(C)N1CCC(CC)C1. The second kappa shape index (κ2) is 7.24. The molecule has 1 aromatic carbocycles. The molecule has 1 aromatic rings. The van der Waals surface area contributed by atoms with Crippen LogP contribution in [0.15, 0.2) is 24.3 Å². The molecule has 0 aromatic heterocycles. The molecule has 2 nitrogen and oxygen atoms in total. The van der Waals surface area contributed by atoms with Gasteiger partial charge < -0.3 is 5.32 Å². The third kappa shape index (κ3) is 3.62. The van der Waals surface area contributed by atoms with E-state index in [0.717, 1.165) is 12.5 Å². The van der Waals surface area contributed by atoms with E-state index in [2.05, 4.69) is 62.2 Å². The fourth-order valence-electron chi connectivity index (χ4n) is 3.34. The third-order valence-corrected chi connectivity index (χ3v) is 4.81. The van der Waals surface area contributed by atoms with Gasteiger partial charge in [-0.05, 0) is 44.8 Å². The Balaban J connectivity index is 2.09. The van der Waals surface area contributed by atoms with E-state index < -0.39 is 0 Å². The van der Waals surface area contributed by atoms with Gasteiger partial charge in [0.25, 0.3) is 0 Å². The number of benzene rings is 1. The van der Waals surface area contributed by atoms with Crippen LogP contribution < -0.4 is 5.32 Å². The molecule has 2 rings (SSSR count). The van der Waals surface area contributed by atoms with E-state index in [1.54, 1.807) is 0 Å². The predicted molar refractivity (Wildman–Crippen MR) is 87.0 cm³/mol. The van der Waals surface area contributed by atoms with Gasteiger partial charge in [0.1, 0.15) is 0 Å². The highest BCUT2D eigenvalue weighted by Crippen LogP contribution is 2.27. The minimum absolute atomic E-state index is 0.441. The smallest absolute Gasteiger partial charge is 0.0475 e. The van der Waals surface area contributed by atoms with E-state index in [4.69, 9.17) is 0 Å². The molecule has 1 heterocycles. The Hall–Kier alpha value is -0.860. The second-order valence-corrected chi connectivity index (χ2v) is 6.24. The van der Waals surface area contributed by atoms with Crippen LogP contribution in [0.1, 0.15) is 50.8 Å². The Morgan fingerprint density at radius 1 is 1.25 bits per heavy atom. The summed E-state index contributed by atoms with van der Waals surface area (Å²) in [6.45, 7) is 12.6. The number of rotatable bonds is 6. The molecule has 20 heavy (non-hydrogen) atoms. The molecule has 1 saturated heterocycles. The summed E-state index contributed by atoms with van der Waals surface area (Å²) in [5.41, 5.74) is 2.76. The van der Waals surface area contributed by atoms with Crippen molar-refractivity contribution in [2.75, 3.05) is 19.6 Å². The Morgan fingerprint density at radius 3 is 2.50 bits per heavy atom. The maximum absolute atomic E-state index is 3.69. The van der Waals surface area contributed by atoms with Crippen molar-refractivity contribution in [3.63, 3.8) is 0 Å². The van der Waals surface area contributed by atoms with Crippen LogP contribution in [0.5, 0.6) is 0 Å². The molecular formula is C18H30N2. The van der Waals surface area contributed by atoms with Crippen LogP contribution >= 0.6 is 0 Å². The summed E-state index contributed by atoms with van der Waals surface area (Å²) in [4.78, 5) is 2.67. The van der Waals surface area contributed by atoms with Gasteiger partial charge in [0.2, 0.25) is 0 Å². The quantitative estimate of drug-likeness (QED) is 0.849. The number of likely N-dealkylation sites (N-methyl/N-ethyl adjacent to an activating group) is 1. The van der Waals surface area contributed by atoms with Crippen LogP contribution in [0.4, 0.5) is 0 Å². The summed E-state index contributed by atoms with van der Waals surface area (Å²) >= 11 is 0. The van der Waals surface area contributed by atoms with Gasteiger partial charge >= 0.3 is 0 Å². The summed E-state index contributed by atoms with van der Waals surface area (Å²) in [6.07, 6.45) is 2.69.